The van der Waals surface area contributed by atoms with Gasteiger partial charge in [-0.3, -0.25) is 4.79 Å². The van der Waals surface area contributed by atoms with Crippen molar-refractivity contribution in [3.63, 3.8) is 0 Å². The third kappa shape index (κ3) is 5.20. The Labute approximate surface area is 166 Å². The largest absolute Gasteiger partial charge is 0.380 e. The zero-order valence-corrected chi connectivity index (χ0v) is 16.8. The van der Waals surface area contributed by atoms with Gasteiger partial charge in [-0.05, 0) is 43.5 Å². The van der Waals surface area contributed by atoms with Crippen LogP contribution in [-0.4, -0.2) is 35.2 Å². The first-order chi connectivity index (χ1) is 13.7. The highest BCUT2D eigenvalue weighted by Gasteiger charge is 2.10. The third-order valence-electron chi connectivity index (χ3n) is 4.91. The van der Waals surface area contributed by atoms with Crippen LogP contribution in [0, 0.1) is 6.92 Å². The van der Waals surface area contributed by atoms with Gasteiger partial charge in [0.15, 0.2) is 0 Å². The number of aryl methyl sites for hydroxylation is 2. The molecule has 0 atom stereocenters. The Balaban J connectivity index is 1.54. The summed E-state index contributed by atoms with van der Waals surface area (Å²) in [6.07, 6.45) is 2.11. The lowest BCUT2D eigenvalue weighted by atomic mass is 10.1. The molecule has 3 rings (SSSR count). The van der Waals surface area contributed by atoms with Crippen LogP contribution in [0.15, 0.2) is 48.5 Å². The maximum Gasteiger partial charge on any atom is 0.224 e. The minimum absolute atomic E-state index is 0.0687. The van der Waals surface area contributed by atoms with Crippen molar-refractivity contribution in [1.29, 1.82) is 0 Å². The van der Waals surface area contributed by atoms with Crippen LogP contribution in [0.25, 0.3) is 11.0 Å². The molecule has 1 amide bonds. The summed E-state index contributed by atoms with van der Waals surface area (Å²) in [6, 6.07) is 16.2. The predicted octanol–water partition coefficient (Wildman–Crippen LogP) is 3.67. The van der Waals surface area contributed by atoms with Gasteiger partial charge in [0, 0.05) is 26.1 Å². The van der Waals surface area contributed by atoms with E-state index in [1.807, 2.05) is 56.3 Å². The van der Waals surface area contributed by atoms with E-state index in [-0.39, 0.29) is 5.91 Å². The van der Waals surface area contributed by atoms with Crippen LogP contribution in [-0.2, 0) is 28.9 Å². The second kappa shape index (κ2) is 10.0. The molecule has 28 heavy (non-hydrogen) atoms. The van der Waals surface area contributed by atoms with E-state index >= 15 is 0 Å². The molecular formula is C23H29N3O2. The Hall–Kier alpha value is -2.66. The van der Waals surface area contributed by atoms with Gasteiger partial charge in [-0.25, -0.2) is 4.98 Å². The Morgan fingerprint density at radius 2 is 1.93 bits per heavy atom. The van der Waals surface area contributed by atoms with Gasteiger partial charge in [0.25, 0.3) is 0 Å². The molecule has 148 valence electrons. The molecule has 0 bridgehead atoms. The Bertz CT molecular complexity index is 917. The van der Waals surface area contributed by atoms with Crippen LogP contribution in [0.1, 0.15) is 30.3 Å². The van der Waals surface area contributed by atoms with Gasteiger partial charge in [-0.15, -0.1) is 0 Å². The first-order valence-corrected chi connectivity index (χ1v) is 10.0. The van der Waals surface area contributed by atoms with E-state index in [1.165, 1.54) is 0 Å². The first kappa shape index (κ1) is 20.1. The number of imidazole rings is 1. The number of carbonyl (C=O) groups excluding carboxylic acids is 1. The zero-order chi connectivity index (χ0) is 19.8. The first-order valence-electron chi connectivity index (χ1n) is 10.0. The van der Waals surface area contributed by atoms with E-state index in [1.54, 1.807) is 0 Å². The molecule has 0 spiro atoms. The number of fused-ring (bicyclic) bond motifs is 1. The summed E-state index contributed by atoms with van der Waals surface area (Å²) in [5.41, 5.74) is 4.39. The van der Waals surface area contributed by atoms with Gasteiger partial charge in [0.2, 0.25) is 5.91 Å². The average molecular weight is 380 g/mol. The van der Waals surface area contributed by atoms with Crippen molar-refractivity contribution in [1.82, 2.24) is 14.9 Å². The van der Waals surface area contributed by atoms with Crippen LogP contribution in [0.2, 0.25) is 0 Å². The molecule has 0 aliphatic rings. The summed E-state index contributed by atoms with van der Waals surface area (Å²) in [6.45, 7) is 6.89. The number of nitrogens with zero attached hydrogens (tertiary/aromatic N) is 2. The maximum absolute atomic E-state index is 12.2. The maximum atomic E-state index is 12.2. The molecule has 0 saturated carbocycles. The summed E-state index contributed by atoms with van der Waals surface area (Å²) < 4.78 is 7.76. The summed E-state index contributed by atoms with van der Waals surface area (Å²) in [5, 5.41) is 3.03. The lowest BCUT2D eigenvalue weighted by molar-refractivity contribution is -0.120. The SMILES string of the molecule is CCOCCn1c(CCCNC(=O)Cc2ccccc2C)nc2ccccc21. The van der Waals surface area contributed by atoms with E-state index in [0.29, 0.717) is 19.6 Å². The minimum Gasteiger partial charge on any atom is -0.380 e. The molecule has 1 aromatic heterocycles. The Morgan fingerprint density at radius 3 is 2.75 bits per heavy atom. The molecule has 0 unspecified atom stereocenters. The van der Waals surface area contributed by atoms with E-state index in [2.05, 4.69) is 16.0 Å². The number of hydrogen-bond acceptors (Lipinski definition) is 3. The van der Waals surface area contributed by atoms with Gasteiger partial charge in [-0.2, -0.15) is 0 Å². The molecule has 0 aliphatic carbocycles. The zero-order valence-electron chi connectivity index (χ0n) is 16.8. The van der Waals surface area contributed by atoms with Crippen molar-refractivity contribution >= 4 is 16.9 Å². The Morgan fingerprint density at radius 1 is 1.14 bits per heavy atom. The number of amides is 1. The van der Waals surface area contributed by atoms with Gasteiger partial charge >= 0.3 is 0 Å². The van der Waals surface area contributed by atoms with E-state index in [0.717, 1.165) is 54.0 Å². The van der Waals surface area contributed by atoms with Crippen molar-refractivity contribution < 1.29 is 9.53 Å². The average Bonchev–Trinajstić information content (AvgIpc) is 3.05. The molecule has 0 fully saturated rings. The number of hydrogen-bond donors (Lipinski definition) is 1. The van der Waals surface area contributed by atoms with Crippen LogP contribution < -0.4 is 5.32 Å². The lowest BCUT2D eigenvalue weighted by Gasteiger charge is -2.10. The minimum atomic E-state index is 0.0687. The van der Waals surface area contributed by atoms with Crippen LogP contribution in [0.5, 0.6) is 0 Å². The lowest BCUT2D eigenvalue weighted by Crippen LogP contribution is -2.26. The second-order valence-electron chi connectivity index (χ2n) is 6.92. The van der Waals surface area contributed by atoms with Crippen molar-refractivity contribution in [2.24, 2.45) is 0 Å². The van der Waals surface area contributed by atoms with E-state index < -0.39 is 0 Å². The second-order valence-corrected chi connectivity index (χ2v) is 6.92. The monoisotopic (exact) mass is 379 g/mol. The highest BCUT2D eigenvalue weighted by Crippen LogP contribution is 2.17. The molecule has 0 saturated heterocycles. The summed E-state index contributed by atoms with van der Waals surface area (Å²) in [4.78, 5) is 17.0. The molecule has 1 N–H and O–H groups in total. The number of para-hydroxylation sites is 2. The number of aromatic nitrogens is 2. The number of ether oxygens (including phenoxy) is 1. The predicted molar refractivity (Wildman–Crippen MR) is 112 cm³/mol. The van der Waals surface area contributed by atoms with Crippen LogP contribution in [0.3, 0.4) is 0 Å². The highest BCUT2D eigenvalue weighted by molar-refractivity contribution is 5.79. The number of carbonyl (C=O) groups is 1. The fourth-order valence-corrected chi connectivity index (χ4v) is 3.38. The topological polar surface area (TPSA) is 56.1 Å². The fraction of sp³-hybridized carbons (Fsp3) is 0.391. The van der Waals surface area contributed by atoms with Crippen LogP contribution in [0.4, 0.5) is 0 Å². The highest BCUT2D eigenvalue weighted by atomic mass is 16.5. The van der Waals surface area contributed by atoms with Crippen molar-refractivity contribution in [3.8, 4) is 0 Å². The van der Waals surface area contributed by atoms with E-state index in [9.17, 15) is 4.79 Å². The fourth-order valence-electron chi connectivity index (χ4n) is 3.38. The standard InChI is InChI=1S/C23H29N3O2/c1-3-28-16-15-26-21-12-7-6-11-20(21)25-22(26)13-8-14-24-23(27)17-19-10-5-4-9-18(19)2/h4-7,9-12H,3,8,13-17H2,1-2H3,(H,24,27). The molecule has 3 aromatic rings. The van der Waals surface area contributed by atoms with Crippen molar-refractivity contribution in [3.05, 3.63) is 65.5 Å². The van der Waals surface area contributed by atoms with E-state index in [4.69, 9.17) is 9.72 Å². The Kier molecular flexibility index (Phi) is 7.20. The summed E-state index contributed by atoms with van der Waals surface area (Å²) in [5.74, 6) is 1.12. The molecule has 1 heterocycles. The number of nitrogens with one attached hydrogen (secondary N) is 1. The smallest absolute Gasteiger partial charge is 0.224 e. The van der Waals surface area contributed by atoms with Crippen LogP contribution >= 0.6 is 0 Å². The summed E-state index contributed by atoms with van der Waals surface area (Å²) >= 11 is 0. The molecule has 5 heteroatoms. The number of benzene rings is 2. The van der Waals surface area contributed by atoms with Gasteiger partial charge in [0.1, 0.15) is 5.82 Å². The van der Waals surface area contributed by atoms with Crippen molar-refractivity contribution in [2.75, 3.05) is 19.8 Å². The quantitative estimate of drug-likeness (QED) is 0.547. The number of rotatable bonds is 10. The molecule has 5 nitrogen and oxygen atoms in total. The third-order valence-corrected chi connectivity index (χ3v) is 4.91. The van der Waals surface area contributed by atoms with Gasteiger partial charge in [0.05, 0.1) is 24.1 Å². The normalized spacial score (nSPS) is 11.1. The molecular weight excluding hydrogens is 350 g/mol. The summed E-state index contributed by atoms with van der Waals surface area (Å²) in [7, 11) is 0. The molecule has 2 aromatic carbocycles. The molecule has 0 radical (unpaired) electrons. The molecule has 0 aliphatic heterocycles. The van der Waals surface area contributed by atoms with Crippen molar-refractivity contribution in [2.45, 2.75) is 39.7 Å². The van der Waals surface area contributed by atoms with Gasteiger partial charge < -0.3 is 14.6 Å². The van der Waals surface area contributed by atoms with Gasteiger partial charge in [-0.1, -0.05) is 36.4 Å².